The van der Waals surface area contributed by atoms with Gasteiger partial charge in [-0.2, -0.15) is 0 Å². The number of nitrogens with one attached hydrogen (secondary N) is 2. The van der Waals surface area contributed by atoms with Crippen LogP contribution in [-0.4, -0.2) is 34.4 Å². The molecule has 0 radical (unpaired) electrons. The van der Waals surface area contributed by atoms with Crippen molar-refractivity contribution in [3.63, 3.8) is 0 Å². The van der Waals surface area contributed by atoms with Crippen molar-refractivity contribution in [1.82, 2.24) is 20.6 Å². The van der Waals surface area contributed by atoms with Crippen LogP contribution in [-0.2, 0) is 9.59 Å². The van der Waals surface area contributed by atoms with Crippen LogP contribution in [0.2, 0.25) is 0 Å². The zero-order chi connectivity index (χ0) is 19.6. The molecule has 28 heavy (non-hydrogen) atoms. The fraction of sp³-hybridized carbons (Fsp3) is 0.400. The summed E-state index contributed by atoms with van der Waals surface area (Å²) in [4.78, 5) is 32.8. The molecule has 2 aromatic rings. The van der Waals surface area contributed by atoms with E-state index in [1.54, 1.807) is 23.2 Å². The Balaban J connectivity index is 1.55. The first-order valence-electron chi connectivity index (χ1n) is 9.41. The minimum Gasteiger partial charge on any atom is -0.350 e. The van der Waals surface area contributed by atoms with E-state index in [2.05, 4.69) is 20.6 Å². The largest absolute Gasteiger partial charge is 0.350 e. The van der Waals surface area contributed by atoms with E-state index in [0.29, 0.717) is 12.5 Å². The van der Waals surface area contributed by atoms with E-state index in [4.69, 9.17) is 0 Å². The normalized spacial score (nSPS) is 16.4. The zero-order valence-electron chi connectivity index (χ0n) is 15.5. The predicted molar refractivity (Wildman–Crippen MR) is 114 cm³/mol. The number of rotatable bonds is 8. The molecule has 1 aliphatic rings. The molecular weight excluding hydrogens is 392 g/mol. The van der Waals surface area contributed by atoms with Gasteiger partial charge < -0.3 is 10.6 Å². The maximum absolute atomic E-state index is 12.4. The van der Waals surface area contributed by atoms with Crippen LogP contribution < -0.4 is 10.6 Å². The van der Waals surface area contributed by atoms with E-state index >= 15 is 0 Å². The average molecular weight is 417 g/mol. The number of hydrogen-bond donors (Lipinski definition) is 2. The van der Waals surface area contributed by atoms with Gasteiger partial charge in [-0.3, -0.25) is 9.59 Å². The molecule has 1 atom stereocenters. The van der Waals surface area contributed by atoms with Gasteiger partial charge in [-0.15, -0.1) is 22.7 Å². The first-order chi connectivity index (χ1) is 13.7. The molecule has 148 valence electrons. The lowest BCUT2D eigenvalue weighted by Crippen LogP contribution is -2.47. The number of nitrogens with zero attached hydrogens (tertiary/aromatic N) is 2. The Morgan fingerprint density at radius 1 is 1.00 bits per heavy atom. The molecule has 0 aromatic carbocycles. The van der Waals surface area contributed by atoms with Crippen LogP contribution in [0, 0.1) is 5.92 Å². The lowest BCUT2D eigenvalue weighted by molar-refractivity contribution is -0.119. The molecule has 2 N–H and O–H groups in total. The van der Waals surface area contributed by atoms with Crippen LogP contribution >= 0.6 is 22.7 Å². The third-order valence-corrected chi connectivity index (χ3v) is 5.97. The van der Waals surface area contributed by atoms with E-state index in [1.165, 1.54) is 54.1 Å². The van der Waals surface area contributed by atoms with Gasteiger partial charge in [0, 0.05) is 35.5 Å². The number of carbonyl (C=O) groups excluding carboxylic acids is 2. The molecule has 2 aromatic heterocycles. The second-order valence-corrected chi connectivity index (χ2v) is 8.19. The predicted octanol–water partition coefficient (Wildman–Crippen LogP) is 3.51. The maximum atomic E-state index is 12.4. The van der Waals surface area contributed by atoms with E-state index < -0.39 is 0 Å². The molecule has 0 bridgehead atoms. The van der Waals surface area contributed by atoms with Gasteiger partial charge in [-0.1, -0.05) is 19.3 Å². The smallest absolute Gasteiger partial charge is 0.244 e. The minimum absolute atomic E-state index is 0.0792. The van der Waals surface area contributed by atoms with E-state index in [9.17, 15) is 9.59 Å². The third kappa shape index (κ3) is 6.69. The molecule has 0 saturated heterocycles. The summed E-state index contributed by atoms with van der Waals surface area (Å²) in [5.74, 6) is 0.0464. The van der Waals surface area contributed by atoms with E-state index in [1.807, 2.05) is 10.8 Å². The van der Waals surface area contributed by atoms with Crippen LogP contribution in [0.25, 0.3) is 12.2 Å². The van der Waals surface area contributed by atoms with Crippen LogP contribution in [0.5, 0.6) is 0 Å². The molecule has 0 aliphatic heterocycles. The van der Waals surface area contributed by atoms with Gasteiger partial charge in [0.05, 0.1) is 22.4 Å². The summed E-state index contributed by atoms with van der Waals surface area (Å²) < 4.78 is 0. The molecule has 1 aliphatic carbocycles. The van der Waals surface area contributed by atoms with Crippen molar-refractivity contribution in [2.75, 3.05) is 6.54 Å². The fourth-order valence-electron chi connectivity index (χ4n) is 3.30. The second kappa shape index (κ2) is 10.9. The topological polar surface area (TPSA) is 84.0 Å². The van der Waals surface area contributed by atoms with Gasteiger partial charge in [0.1, 0.15) is 0 Å². The molecule has 6 nitrogen and oxygen atoms in total. The van der Waals surface area contributed by atoms with Crippen molar-refractivity contribution in [2.24, 2.45) is 5.92 Å². The molecule has 2 amide bonds. The van der Waals surface area contributed by atoms with Crippen molar-refractivity contribution >= 4 is 46.6 Å². The summed E-state index contributed by atoms with van der Waals surface area (Å²) in [7, 11) is 0. The Bertz CT molecular complexity index is 794. The molecule has 1 unspecified atom stereocenters. The minimum atomic E-state index is -0.180. The van der Waals surface area contributed by atoms with Crippen LogP contribution in [0.3, 0.4) is 0 Å². The first-order valence-corrected chi connectivity index (χ1v) is 11.3. The maximum Gasteiger partial charge on any atom is 0.244 e. The average Bonchev–Trinajstić information content (AvgIpc) is 3.42. The first kappa shape index (κ1) is 20.4. The summed E-state index contributed by atoms with van der Waals surface area (Å²) in [6, 6.07) is -0.0792. The summed E-state index contributed by atoms with van der Waals surface area (Å²) >= 11 is 2.98. The van der Waals surface area contributed by atoms with Gasteiger partial charge in [0.2, 0.25) is 11.8 Å². The highest BCUT2D eigenvalue weighted by molar-refractivity contribution is 7.07. The Morgan fingerprint density at radius 2 is 1.61 bits per heavy atom. The number of amides is 2. The molecule has 1 saturated carbocycles. The SMILES string of the molecule is O=C(/C=C/c1cscn1)NCC(NC(=O)/C=C/c1cscn1)C1CCCCC1. The van der Waals surface area contributed by atoms with E-state index in [-0.39, 0.29) is 17.9 Å². The summed E-state index contributed by atoms with van der Waals surface area (Å²) in [5, 5.41) is 9.76. The highest BCUT2D eigenvalue weighted by Crippen LogP contribution is 2.26. The molecule has 2 heterocycles. The third-order valence-electron chi connectivity index (χ3n) is 4.76. The van der Waals surface area contributed by atoms with Crippen molar-refractivity contribution in [3.8, 4) is 0 Å². The van der Waals surface area contributed by atoms with Crippen molar-refractivity contribution in [3.05, 3.63) is 45.3 Å². The van der Waals surface area contributed by atoms with Crippen LogP contribution in [0.4, 0.5) is 0 Å². The Kier molecular flexibility index (Phi) is 7.93. The van der Waals surface area contributed by atoms with Crippen molar-refractivity contribution in [2.45, 2.75) is 38.1 Å². The van der Waals surface area contributed by atoms with Gasteiger partial charge >= 0.3 is 0 Å². The zero-order valence-corrected chi connectivity index (χ0v) is 17.2. The Hall–Kier alpha value is -2.32. The highest BCUT2D eigenvalue weighted by atomic mass is 32.1. The van der Waals surface area contributed by atoms with Gasteiger partial charge in [-0.05, 0) is 30.9 Å². The number of carbonyl (C=O) groups is 2. The number of hydrogen-bond acceptors (Lipinski definition) is 6. The summed E-state index contributed by atoms with van der Waals surface area (Å²) in [5.41, 5.74) is 5.00. The van der Waals surface area contributed by atoms with Crippen LogP contribution in [0.15, 0.2) is 33.9 Å². The molecule has 1 fully saturated rings. The highest BCUT2D eigenvalue weighted by Gasteiger charge is 2.24. The fourth-order valence-corrected chi connectivity index (χ4v) is 4.35. The molecule has 0 spiro atoms. The lowest BCUT2D eigenvalue weighted by atomic mass is 9.83. The van der Waals surface area contributed by atoms with Gasteiger partial charge in [0.15, 0.2) is 0 Å². The summed E-state index contributed by atoms with van der Waals surface area (Å²) in [6.07, 6.45) is 12.1. The molecule has 8 heteroatoms. The number of thiazole rings is 2. The standard InChI is InChI=1S/C20H24N4O2S2/c25-19(8-6-16-11-27-13-22-16)21-10-18(15-4-2-1-3-5-15)24-20(26)9-7-17-12-28-14-23-17/h6-9,11-15,18H,1-5,10H2,(H,21,25)(H,24,26)/b8-6+,9-7+. The van der Waals surface area contributed by atoms with Crippen molar-refractivity contribution < 1.29 is 9.59 Å². The Labute approximate surface area is 172 Å². The lowest BCUT2D eigenvalue weighted by Gasteiger charge is -2.30. The monoisotopic (exact) mass is 416 g/mol. The van der Waals surface area contributed by atoms with Gasteiger partial charge in [0.25, 0.3) is 0 Å². The quantitative estimate of drug-likeness (QED) is 0.645. The summed E-state index contributed by atoms with van der Waals surface area (Å²) in [6.45, 7) is 0.418. The second-order valence-electron chi connectivity index (χ2n) is 6.75. The Morgan fingerprint density at radius 3 is 2.18 bits per heavy atom. The van der Waals surface area contributed by atoms with Gasteiger partial charge in [-0.25, -0.2) is 9.97 Å². The molecular formula is C20H24N4O2S2. The number of aromatic nitrogens is 2. The van der Waals surface area contributed by atoms with Crippen molar-refractivity contribution in [1.29, 1.82) is 0 Å². The van der Waals surface area contributed by atoms with E-state index in [0.717, 1.165) is 24.2 Å². The van der Waals surface area contributed by atoms with Crippen LogP contribution in [0.1, 0.15) is 43.5 Å². The molecule has 3 rings (SSSR count).